The summed E-state index contributed by atoms with van der Waals surface area (Å²) in [5, 5.41) is 3.58. The van der Waals surface area contributed by atoms with Crippen molar-refractivity contribution < 1.29 is 4.74 Å². The van der Waals surface area contributed by atoms with Gasteiger partial charge in [-0.05, 0) is 43.4 Å². The monoisotopic (exact) mass is 247 g/mol. The standard InChI is InChI=1S/C16H25NO/c1-4-12(3)13-8-9-16-14(11-13)15(17-5-2)7-6-10-18-16/h8-9,11-12,15,17H,4-7,10H2,1-3H3. The Hall–Kier alpha value is -1.02. The molecule has 2 unspecified atom stereocenters. The predicted molar refractivity (Wildman–Crippen MR) is 76.3 cm³/mol. The molecule has 1 aliphatic rings. The third-order valence-corrected chi connectivity index (χ3v) is 3.94. The van der Waals surface area contributed by atoms with Gasteiger partial charge in [-0.1, -0.05) is 32.9 Å². The lowest BCUT2D eigenvalue weighted by Gasteiger charge is -2.20. The molecule has 1 N–H and O–H groups in total. The zero-order chi connectivity index (χ0) is 13.0. The minimum Gasteiger partial charge on any atom is -0.493 e. The SMILES string of the molecule is CCNC1CCCOc2ccc(C(C)CC)cc21. The molecule has 1 aliphatic heterocycles. The second-order valence-electron chi connectivity index (χ2n) is 5.21. The summed E-state index contributed by atoms with van der Waals surface area (Å²) in [6.45, 7) is 8.56. The maximum Gasteiger partial charge on any atom is 0.124 e. The van der Waals surface area contributed by atoms with Gasteiger partial charge < -0.3 is 10.1 Å². The number of benzene rings is 1. The van der Waals surface area contributed by atoms with Crippen molar-refractivity contribution in [3.05, 3.63) is 29.3 Å². The number of nitrogens with one attached hydrogen (secondary N) is 1. The Labute approximate surface area is 111 Å². The van der Waals surface area contributed by atoms with Crippen LogP contribution in [0.3, 0.4) is 0 Å². The Bertz CT molecular complexity index is 389. The summed E-state index contributed by atoms with van der Waals surface area (Å²) >= 11 is 0. The van der Waals surface area contributed by atoms with Crippen LogP contribution in [0.25, 0.3) is 0 Å². The molecule has 0 fully saturated rings. The summed E-state index contributed by atoms with van der Waals surface area (Å²) < 4.78 is 5.85. The van der Waals surface area contributed by atoms with E-state index in [1.165, 1.54) is 24.0 Å². The minimum absolute atomic E-state index is 0.455. The molecule has 2 nitrogen and oxygen atoms in total. The van der Waals surface area contributed by atoms with Gasteiger partial charge in [-0.3, -0.25) is 0 Å². The smallest absolute Gasteiger partial charge is 0.124 e. The Morgan fingerprint density at radius 3 is 2.94 bits per heavy atom. The molecule has 0 amide bonds. The third kappa shape index (κ3) is 2.86. The average Bonchev–Trinajstić information content (AvgIpc) is 2.60. The fourth-order valence-corrected chi connectivity index (χ4v) is 2.60. The summed E-state index contributed by atoms with van der Waals surface area (Å²) in [5.74, 6) is 1.70. The van der Waals surface area contributed by atoms with Crippen LogP contribution in [0.1, 0.15) is 63.1 Å². The maximum absolute atomic E-state index is 5.85. The highest BCUT2D eigenvalue weighted by molar-refractivity contribution is 5.41. The van der Waals surface area contributed by atoms with E-state index >= 15 is 0 Å². The van der Waals surface area contributed by atoms with Crippen molar-refractivity contribution in [1.29, 1.82) is 0 Å². The first kappa shape index (κ1) is 13.4. The number of hydrogen-bond acceptors (Lipinski definition) is 2. The molecular weight excluding hydrogens is 222 g/mol. The third-order valence-electron chi connectivity index (χ3n) is 3.94. The largest absolute Gasteiger partial charge is 0.493 e. The summed E-state index contributed by atoms with van der Waals surface area (Å²) in [4.78, 5) is 0. The van der Waals surface area contributed by atoms with Crippen LogP contribution in [0.4, 0.5) is 0 Å². The highest BCUT2D eigenvalue weighted by Crippen LogP contribution is 2.34. The molecule has 0 saturated carbocycles. The van der Waals surface area contributed by atoms with Crippen molar-refractivity contribution in [2.75, 3.05) is 13.2 Å². The van der Waals surface area contributed by atoms with Crippen LogP contribution >= 0.6 is 0 Å². The van der Waals surface area contributed by atoms with E-state index in [0.29, 0.717) is 12.0 Å². The van der Waals surface area contributed by atoms with Gasteiger partial charge in [0.1, 0.15) is 5.75 Å². The van der Waals surface area contributed by atoms with Crippen LogP contribution < -0.4 is 10.1 Å². The molecule has 0 radical (unpaired) electrons. The lowest BCUT2D eigenvalue weighted by atomic mass is 9.93. The van der Waals surface area contributed by atoms with E-state index in [1.807, 2.05) is 0 Å². The van der Waals surface area contributed by atoms with Crippen molar-refractivity contribution in [1.82, 2.24) is 5.32 Å². The summed E-state index contributed by atoms with van der Waals surface area (Å²) in [5.41, 5.74) is 2.79. The Morgan fingerprint density at radius 1 is 1.39 bits per heavy atom. The van der Waals surface area contributed by atoms with Crippen molar-refractivity contribution in [2.45, 2.75) is 52.0 Å². The molecule has 1 aromatic rings. The zero-order valence-corrected chi connectivity index (χ0v) is 11.8. The van der Waals surface area contributed by atoms with Gasteiger partial charge in [0.25, 0.3) is 0 Å². The Morgan fingerprint density at radius 2 is 2.22 bits per heavy atom. The van der Waals surface area contributed by atoms with Crippen molar-refractivity contribution in [3.63, 3.8) is 0 Å². The number of ether oxygens (including phenoxy) is 1. The maximum atomic E-state index is 5.85. The molecule has 100 valence electrons. The van der Waals surface area contributed by atoms with Crippen LogP contribution in [0.15, 0.2) is 18.2 Å². The molecular formula is C16H25NO. The molecule has 0 aromatic heterocycles. The predicted octanol–water partition coefficient (Wildman–Crippen LogP) is 4.02. The second kappa shape index (κ2) is 6.24. The minimum atomic E-state index is 0.455. The topological polar surface area (TPSA) is 21.3 Å². The first-order valence-corrected chi connectivity index (χ1v) is 7.26. The zero-order valence-electron chi connectivity index (χ0n) is 11.8. The van der Waals surface area contributed by atoms with Gasteiger partial charge in [0.15, 0.2) is 0 Å². The molecule has 0 saturated heterocycles. The number of fused-ring (bicyclic) bond motifs is 1. The van der Waals surface area contributed by atoms with Gasteiger partial charge in [-0.25, -0.2) is 0 Å². The fraction of sp³-hybridized carbons (Fsp3) is 0.625. The van der Waals surface area contributed by atoms with Gasteiger partial charge in [-0.15, -0.1) is 0 Å². The first-order valence-electron chi connectivity index (χ1n) is 7.26. The van der Waals surface area contributed by atoms with E-state index in [2.05, 4.69) is 44.3 Å². The van der Waals surface area contributed by atoms with Gasteiger partial charge in [-0.2, -0.15) is 0 Å². The average molecular weight is 247 g/mol. The fourth-order valence-electron chi connectivity index (χ4n) is 2.60. The number of rotatable bonds is 4. The lowest BCUT2D eigenvalue weighted by Crippen LogP contribution is -2.20. The van der Waals surface area contributed by atoms with Crippen molar-refractivity contribution in [2.24, 2.45) is 0 Å². The molecule has 18 heavy (non-hydrogen) atoms. The molecule has 0 spiro atoms. The van der Waals surface area contributed by atoms with Gasteiger partial charge in [0.05, 0.1) is 6.61 Å². The van der Waals surface area contributed by atoms with E-state index in [9.17, 15) is 0 Å². The van der Waals surface area contributed by atoms with E-state index in [1.54, 1.807) is 0 Å². The highest BCUT2D eigenvalue weighted by Gasteiger charge is 2.20. The Balaban J connectivity index is 2.33. The van der Waals surface area contributed by atoms with E-state index in [4.69, 9.17) is 4.74 Å². The Kier molecular flexibility index (Phi) is 4.65. The number of hydrogen-bond donors (Lipinski definition) is 1. The summed E-state index contributed by atoms with van der Waals surface area (Å²) in [6.07, 6.45) is 3.49. The van der Waals surface area contributed by atoms with Crippen LogP contribution in [-0.2, 0) is 0 Å². The van der Waals surface area contributed by atoms with Gasteiger partial charge >= 0.3 is 0 Å². The normalized spacial score (nSPS) is 20.7. The van der Waals surface area contributed by atoms with Crippen LogP contribution in [-0.4, -0.2) is 13.2 Å². The summed E-state index contributed by atoms with van der Waals surface area (Å²) in [7, 11) is 0. The van der Waals surface area contributed by atoms with Crippen molar-refractivity contribution in [3.8, 4) is 5.75 Å². The highest BCUT2D eigenvalue weighted by atomic mass is 16.5. The van der Waals surface area contributed by atoms with Crippen LogP contribution in [0, 0.1) is 0 Å². The molecule has 2 atom stereocenters. The first-order chi connectivity index (χ1) is 8.76. The molecule has 1 aromatic carbocycles. The van der Waals surface area contributed by atoms with Gasteiger partial charge in [0, 0.05) is 11.6 Å². The van der Waals surface area contributed by atoms with Crippen molar-refractivity contribution >= 4 is 0 Å². The molecule has 0 bridgehead atoms. The van der Waals surface area contributed by atoms with Crippen LogP contribution in [0.2, 0.25) is 0 Å². The molecule has 2 heteroatoms. The molecule has 2 rings (SSSR count). The van der Waals surface area contributed by atoms with E-state index < -0.39 is 0 Å². The quantitative estimate of drug-likeness (QED) is 0.867. The lowest BCUT2D eigenvalue weighted by molar-refractivity contribution is 0.315. The molecule has 0 aliphatic carbocycles. The van der Waals surface area contributed by atoms with E-state index in [-0.39, 0.29) is 0 Å². The summed E-state index contributed by atoms with van der Waals surface area (Å²) in [6, 6.07) is 7.19. The van der Waals surface area contributed by atoms with Crippen LogP contribution in [0.5, 0.6) is 5.75 Å². The molecule has 1 heterocycles. The van der Waals surface area contributed by atoms with Gasteiger partial charge in [0.2, 0.25) is 0 Å². The second-order valence-corrected chi connectivity index (χ2v) is 5.21. The van der Waals surface area contributed by atoms with E-state index in [0.717, 1.165) is 25.3 Å².